The van der Waals surface area contributed by atoms with Crippen LogP contribution >= 0.6 is 23.1 Å². The maximum atomic E-state index is 13.2. The van der Waals surface area contributed by atoms with Crippen molar-refractivity contribution >= 4 is 45.9 Å². The van der Waals surface area contributed by atoms with Crippen LogP contribution in [0.25, 0.3) is 0 Å². The number of carbonyl (C=O) groups excluding carboxylic acids is 2. The van der Waals surface area contributed by atoms with Crippen LogP contribution in [0.5, 0.6) is 0 Å². The Hall–Kier alpha value is -2.20. The van der Waals surface area contributed by atoms with Crippen molar-refractivity contribution in [3.8, 4) is 0 Å². The van der Waals surface area contributed by atoms with E-state index in [1.54, 1.807) is 12.1 Å². The number of rotatable bonds is 6. The van der Waals surface area contributed by atoms with Gasteiger partial charge in [0.05, 0.1) is 5.25 Å². The van der Waals surface area contributed by atoms with Gasteiger partial charge in [-0.25, -0.2) is 9.18 Å². The highest BCUT2D eigenvalue weighted by molar-refractivity contribution is 8.02. The summed E-state index contributed by atoms with van der Waals surface area (Å²) in [5.74, 6) is -0.877. The molecule has 4 N–H and O–H groups in total. The van der Waals surface area contributed by atoms with E-state index in [1.807, 2.05) is 13.8 Å². The van der Waals surface area contributed by atoms with Crippen LogP contribution in [0.3, 0.4) is 0 Å². The average molecular weight is 369 g/mol. The number of carbonyl (C=O) groups is 2. The number of nitrogens with two attached hydrogens (primary N) is 1. The molecule has 1 heterocycles. The van der Waals surface area contributed by atoms with Crippen molar-refractivity contribution in [3.05, 3.63) is 30.1 Å². The lowest BCUT2D eigenvalue weighted by molar-refractivity contribution is -0.120. The molecule has 0 bridgehead atoms. The van der Waals surface area contributed by atoms with E-state index >= 15 is 0 Å². The van der Waals surface area contributed by atoms with Gasteiger partial charge in [-0.3, -0.25) is 10.1 Å². The standard InChI is InChI=1S/C14H16FN5O2S2/c1-7(2)10(11(21)18-12(16)22)23-14-20-19-13(24-14)17-9-5-3-4-8(15)6-9/h3-7,10H,1-2H3,(H,17,19)(H3,16,18,21,22). The summed E-state index contributed by atoms with van der Waals surface area (Å²) >= 11 is 2.42. The third kappa shape index (κ3) is 5.17. The SMILES string of the molecule is CC(C)C(Sc1nnc(Nc2cccc(F)c2)s1)C(=O)NC(N)=O. The van der Waals surface area contributed by atoms with Gasteiger partial charge in [-0.1, -0.05) is 43.0 Å². The van der Waals surface area contributed by atoms with Gasteiger partial charge in [0.15, 0.2) is 4.34 Å². The van der Waals surface area contributed by atoms with E-state index in [2.05, 4.69) is 20.8 Å². The lowest BCUT2D eigenvalue weighted by atomic mass is 10.1. The Kier molecular flexibility index (Phi) is 6.10. The van der Waals surface area contributed by atoms with E-state index in [1.165, 1.54) is 35.2 Å². The van der Waals surface area contributed by atoms with Gasteiger partial charge in [0.2, 0.25) is 11.0 Å². The number of hydrogen-bond donors (Lipinski definition) is 3. The molecular weight excluding hydrogens is 353 g/mol. The normalized spacial score (nSPS) is 12.0. The lowest BCUT2D eigenvalue weighted by Crippen LogP contribution is -2.42. The highest BCUT2D eigenvalue weighted by atomic mass is 32.2. The zero-order chi connectivity index (χ0) is 17.7. The van der Waals surface area contributed by atoms with Crippen molar-refractivity contribution in [1.29, 1.82) is 0 Å². The third-order valence-corrected chi connectivity index (χ3v) is 5.29. The summed E-state index contributed by atoms with van der Waals surface area (Å²) in [6.07, 6.45) is 0. The number of primary amides is 1. The molecule has 1 unspecified atom stereocenters. The number of anilines is 2. The van der Waals surface area contributed by atoms with E-state index in [0.717, 1.165) is 0 Å². The summed E-state index contributed by atoms with van der Waals surface area (Å²) in [5, 5.41) is 12.9. The number of nitrogens with zero attached hydrogens (tertiary/aromatic N) is 2. The summed E-state index contributed by atoms with van der Waals surface area (Å²) in [6.45, 7) is 3.70. The Balaban J connectivity index is 2.05. The zero-order valence-corrected chi connectivity index (χ0v) is 14.6. The molecule has 0 aliphatic carbocycles. The maximum Gasteiger partial charge on any atom is 0.318 e. The van der Waals surface area contributed by atoms with Crippen LogP contribution in [0.2, 0.25) is 0 Å². The molecule has 0 aliphatic rings. The van der Waals surface area contributed by atoms with E-state index in [4.69, 9.17) is 5.73 Å². The minimum Gasteiger partial charge on any atom is -0.351 e. The highest BCUT2D eigenvalue weighted by Crippen LogP contribution is 2.33. The molecule has 128 valence electrons. The fraction of sp³-hybridized carbons (Fsp3) is 0.286. The largest absolute Gasteiger partial charge is 0.351 e. The summed E-state index contributed by atoms with van der Waals surface area (Å²) < 4.78 is 13.7. The van der Waals surface area contributed by atoms with Crippen molar-refractivity contribution in [2.75, 3.05) is 5.32 Å². The Morgan fingerprint density at radius 3 is 2.71 bits per heavy atom. The van der Waals surface area contributed by atoms with E-state index < -0.39 is 17.2 Å². The number of nitrogens with one attached hydrogen (secondary N) is 2. The second-order valence-corrected chi connectivity index (χ2v) is 7.51. The minimum atomic E-state index is -0.892. The number of imide groups is 1. The van der Waals surface area contributed by atoms with Crippen LogP contribution < -0.4 is 16.4 Å². The smallest absolute Gasteiger partial charge is 0.318 e. The monoisotopic (exact) mass is 369 g/mol. The molecule has 0 aliphatic heterocycles. The Labute approximate surface area is 146 Å². The van der Waals surface area contributed by atoms with Gasteiger partial charge in [0, 0.05) is 5.69 Å². The minimum absolute atomic E-state index is 0.0436. The maximum absolute atomic E-state index is 13.2. The fourth-order valence-electron chi connectivity index (χ4n) is 1.79. The van der Waals surface area contributed by atoms with E-state index in [-0.39, 0.29) is 11.7 Å². The Morgan fingerprint density at radius 2 is 2.08 bits per heavy atom. The number of hydrogen-bond acceptors (Lipinski definition) is 7. The summed E-state index contributed by atoms with van der Waals surface area (Å²) in [6, 6.07) is 5.08. The number of benzene rings is 1. The molecule has 24 heavy (non-hydrogen) atoms. The number of thioether (sulfide) groups is 1. The van der Waals surface area contributed by atoms with Crippen LogP contribution in [-0.2, 0) is 4.79 Å². The van der Waals surface area contributed by atoms with Crippen molar-refractivity contribution in [3.63, 3.8) is 0 Å². The Bertz CT molecular complexity index is 737. The third-order valence-electron chi connectivity index (χ3n) is 2.82. The summed E-state index contributed by atoms with van der Waals surface area (Å²) in [4.78, 5) is 22.8. The molecule has 2 rings (SSSR count). The van der Waals surface area contributed by atoms with Crippen molar-refractivity contribution in [2.24, 2.45) is 11.7 Å². The fourth-order valence-corrected chi connectivity index (χ4v) is 3.77. The summed E-state index contributed by atoms with van der Waals surface area (Å²) in [5.41, 5.74) is 5.53. The van der Waals surface area contributed by atoms with Crippen LogP contribution in [0, 0.1) is 11.7 Å². The zero-order valence-electron chi connectivity index (χ0n) is 12.9. The van der Waals surface area contributed by atoms with Gasteiger partial charge < -0.3 is 11.1 Å². The molecule has 0 saturated carbocycles. The average Bonchev–Trinajstić information content (AvgIpc) is 2.91. The molecule has 0 fully saturated rings. The molecule has 0 spiro atoms. The van der Waals surface area contributed by atoms with Crippen LogP contribution in [-0.4, -0.2) is 27.4 Å². The molecule has 2 aromatic rings. The predicted octanol–water partition coefficient (Wildman–Crippen LogP) is 2.73. The van der Waals surface area contributed by atoms with Crippen LogP contribution in [0.1, 0.15) is 13.8 Å². The molecule has 1 aromatic carbocycles. The van der Waals surface area contributed by atoms with Crippen molar-refractivity contribution in [1.82, 2.24) is 15.5 Å². The first-order valence-electron chi connectivity index (χ1n) is 6.98. The quantitative estimate of drug-likeness (QED) is 0.675. The molecule has 1 atom stereocenters. The van der Waals surface area contributed by atoms with Crippen molar-refractivity contribution in [2.45, 2.75) is 23.4 Å². The van der Waals surface area contributed by atoms with Gasteiger partial charge in [-0.15, -0.1) is 10.2 Å². The van der Waals surface area contributed by atoms with E-state index in [0.29, 0.717) is 15.2 Å². The summed E-state index contributed by atoms with van der Waals surface area (Å²) in [7, 11) is 0. The molecule has 0 saturated heterocycles. The lowest BCUT2D eigenvalue weighted by Gasteiger charge is -2.16. The first-order valence-corrected chi connectivity index (χ1v) is 8.68. The van der Waals surface area contributed by atoms with Gasteiger partial charge in [0.25, 0.3) is 0 Å². The van der Waals surface area contributed by atoms with Gasteiger partial charge in [0.1, 0.15) is 5.82 Å². The van der Waals surface area contributed by atoms with E-state index in [9.17, 15) is 14.0 Å². The Morgan fingerprint density at radius 1 is 1.33 bits per heavy atom. The van der Waals surface area contributed by atoms with Crippen LogP contribution in [0.15, 0.2) is 28.6 Å². The molecule has 0 radical (unpaired) electrons. The molecule has 10 heteroatoms. The van der Waals surface area contributed by atoms with Gasteiger partial charge in [-0.2, -0.15) is 0 Å². The molecule has 1 aromatic heterocycles. The first-order chi connectivity index (χ1) is 11.3. The first kappa shape index (κ1) is 18.1. The second kappa shape index (κ2) is 8.06. The van der Waals surface area contributed by atoms with Gasteiger partial charge >= 0.3 is 6.03 Å². The van der Waals surface area contributed by atoms with Crippen molar-refractivity contribution < 1.29 is 14.0 Å². The molecule has 3 amide bonds. The second-order valence-electron chi connectivity index (χ2n) is 5.14. The molecular formula is C14H16FN5O2S2. The number of urea groups is 1. The number of halogens is 1. The van der Waals surface area contributed by atoms with Gasteiger partial charge in [-0.05, 0) is 24.1 Å². The number of aromatic nitrogens is 2. The van der Waals surface area contributed by atoms with Crippen LogP contribution in [0.4, 0.5) is 20.0 Å². The number of amides is 3. The predicted molar refractivity (Wildman–Crippen MR) is 91.8 cm³/mol. The topological polar surface area (TPSA) is 110 Å². The highest BCUT2D eigenvalue weighted by Gasteiger charge is 2.26. The molecule has 7 nitrogen and oxygen atoms in total.